The quantitative estimate of drug-likeness (QED) is 0.364. The Kier molecular flexibility index (Phi) is 4.45. The summed E-state index contributed by atoms with van der Waals surface area (Å²) in [7, 11) is 1.87. The molecule has 1 rings (SSSR count). The summed E-state index contributed by atoms with van der Waals surface area (Å²) in [4.78, 5) is 1.93. The van der Waals surface area contributed by atoms with Gasteiger partial charge in [0.25, 0.3) is 0 Å². The summed E-state index contributed by atoms with van der Waals surface area (Å²) in [5.41, 5.74) is 7.44. The molecule has 17 heavy (non-hydrogen) atoms. The van der Waals surface area contributed by atoms with Gasteiger partial charge in [0.1, 0.15) is 5.82 Å². The van der Waals surface area contributed by atoms with Gasteiger partial charge in [0.15, 0.2) is 5.84 Å². The fourth-order valence-electron chi connectivity index (χ4n) is 1.55. The normalized spacial score (nSPS) is 14.1. The van der Waals surface area contributed by atoms with Gasteiger partial charge < -0.3 is 10.9 Å². The summed E-state index contributed by atoms with van der Waals surface area (Å²) in [6.07, 6.45) is 0. The third-order valence-electron chi connectivity index (χ3n) is 2.93. The number of aryl methyl sites for hydroxylation is 1. The molecule has 4 nitrogen and oxygen atoms in total. The van der Waals surface area contributed by atoms with E-state index in [9.17, 15) is 4.39 Å². The number of benzene rings is 1. The zero-order valence-corrected chi connectivity index (χ0v) is 10.3. The van der Waals surface area contributed by atoms with Crippen LogP contribution in [0.4, 0.5) is 4.39 Å². The van der Waals surface area contributed by atoms with E-state index >= 15 is 0 Å². The Morgan fingerprint density at radius 3 is 2.76 bits per heavy atom. The van der Waals surface area contributed by atoms with Crippen molar-refractivity contribution in [2.75, 3.05) is 7.05 Å². The summed E-state index contributed by atoms with van der Waals surface area (Å²) in [5, 5.41) is 11.6. The lowest BCUT2D eigenvalue weighted by molar-refractivity contribution is 0.279. The molecule has 0 aliphatic carbocycles. The second-order valence-electron chi connectivity index (χ2n) is 4.19. The van der Waals surface area contributed by atoms with Crippen LogP contribution in [0.3, 0.4) is 0 Å². The third kappa shape index (κ3) is 3.42. The average Bonchev–Trinajstić information content (AvgIpc) is 2.30. The van der Waals surface area contributed by atoms with Crippen molar-refractivity contribution in [1.29, 1.82) is 0 Å². The molecule has 1 aromatic carbocycles. The maximum absolute atomic E-state index is 12.9. The second kappa shape index (κ2) is 5.63. The van der Waals surface area contributed by atoms with Gasteiger partial charge in [-0.05, 0) is 44.2 Å². The Hall–Kier alpha value is -1.62. The molecule has 0 amide bonds. The minimum absolute atomic E-state index is 0.160. The molecule has 3 N–H and O–H groups in total. The summed E-state index contributed by atoms with van der Waals surface area (Å²) in [6.45, 7) is 4.32. The first-order chi connectivity index (χ1) is 7.95. The maximum atomic E-state index is 12.9. The van der Waals surface area contributed by atoms with Crippen molar-refractivity contribution < 1.29 is 9.60 Å². The molecular formula is C12H18FN3O. The van der Waals surface area contributed by atoms with E-state index in [-0.39, 0.29) is 17.7 Å². The monoisotopic (exact) mass is 239 g/mol. The number of likely N-dealkylation sites (N-methyl/N-ethyl adjacent to an activating group) is 1. The highest BCUT2D eigenvalue weighted by Crippen LogP contribution is 2.13. The number of nitrogens with two attached hydrogens (primary N) is 1. The van der Waals surface area contributed by atoms with Gasteiger partial charge in [-0.1, -0.05) is 11.2 Å². The highest BCUT2D eigenvalue weighted by Gasteiger charge is 2.14. The standard InChI is InChI=1S/C12H18FN3O/c1-8-6-11(13)5-4-10(8)7-16(3)9(2)12(14)15-17/h4-6,9,17H,7H2,1-3H3,(H2,14,15). The number of rotatable bonds is 4. The van der Waals surface area contributed by atoms with Gasteiger partial charge in [0.05, 0.1) is 6.04 Å². The Bertz CT molecular complexity index is 420. The molecule has 0 aliphatic rings. The van der Waals surface area contributed by atoms with Crippen LogP contribution in [0, 0.1) is 12.7 Å². The number of amidine groups is 1. The molecule has 0 saturated carbocycles. The smallest absolute Gasteiger partial charge is 0.156 e. The molecule has 0 fully saturated rings. The predicted octanol–water partition coefficient (Wildman–Crippen LogP) is 1.70. The zero-order chi connectivity index (χ0) is 13.0. The Morgan fingerprint density at radius 2 is 2.24 bits per heavy atom. The molecule has 1 unspecified atom stereocenters. The molecule has 0 saturated heterocycles. The fraction of sp³-hybridized carbons (Fsp3) is 0.417. The number of halogens is 1. The largest absolute Gasteiger partial charge is 0.409 e. The van der Waals surface area contributed by atoms with E-state index in [2.05, 4.69) is 5.16 Å². The molecule has 0 spiro atoms. The SMILES string of the molecule is Cc1cc(F)ccc1CN(C)C(C)/C(N)=N/O. The van der Waals surface area contributed by atoms with Crippen molar-refractivity contribution in [2.45, 2.75) is 26.4 Å². The highest BCUT2D eigenvalue weighted by molar-refractivity contribution is 5.84. The van der Waals surface area contributed by atoms with E-state index in [4.69, 9.17) is 10.9 Å². The minimum Gasteiger partial charge on any atom is -0.409 e. The van der Waals surface area contributed by atoms with Crippen molar-refractivity contribution >= 4 is 5.84 Å². The van der Waals surface area contributed by atoms with Crippen molar-refractivity contribution in [1.82, 2.24) is 4.90 Å². The van der Waals surface area contributed by atoms with Gasteiger partial charge in [-0.15, -0.1) is 0 Å². The summed E-state index contributed by atoms with van der Waals surface area (Å²) >= 11 is 0. The molecule has 94 valence electrons. The van der Waals surface area contributed by atoms with Crippen LogP contribution in [0.5, 0.6) is 0 Å². The van der Waals surface area contributed by atoms with E-state index < -0.39 is 0 Å². The molecular weight excluding hydrogens is 221 g/mol. The first-order valence-corrected chi connectivity index (χ1v) is 5.38. The average molecular weight is 239 g/mol. The highest BCUT2D eigenvalue weighted by atomic mass is 19.1. The Labute approximate surface area is 101 Å². The van der Waals surface area contributed by atoms with Crippen LogP contribution < -0.4 is 5.73 Å². The molecule has 1 aromatic rings. The first-order valence-electron chi connectivity index (χ1n) is 5.38. The van der Waals surface area contributed by atoms with Crippen molar-refractivity contribution in [3.63, 3.8) is 0 Å². The van der Waals surface area contributed by atoms with Gasteiger partial charge >= 0.3 is 0 Å². The van der Waals surface area contributed by atoms with Crippen molar-refractivity contribution in [3.8, 4) is 0 Å². The molecule has 0 heterocycles. The van der Waals surface area contributed by atoms with E-state index in [1.807, 2.05) is 25.8 Å². The van der Waals surface area contributed by atoms with E-state index in [0.717, 1.165) is 11.1 Å². The summed E-state index contributed by atoms with van der Waals surface area (Å²) in [6, 6.07) is 4.51. The van der Waals surface area contributed by atoms with Crippen molar-refractivity contribution in [2.24, 2.45) is 10.9 Å². The summed E-state index contributed by atoms with van der Waals surface area (Å²) < 4.78 is 12.9. The van der Waals surface area contributed by atoms with Crippen LogP contribution in [0.15, 0.2) is 23.4 Å². The molecule has 0 bridgehead atoms. The first kappa shape index (κ1) is 13.4. The summed E-state index contributed by atoms with van der Waals surface area (Å²) in [5.74, 6) is -0.0781. The zero-order valence-electron chi connectivity index (χ0n) is 10.3. The lowest BCUT2D eigenvalue weighted by atomic mass is 10.1. The fourth-order valence-corrected chi connectivity index (χ4v) is 1.55. The Morgan fingerprint density at radius 1 is 1.59 bits per heavy atom. The molecule has 0 aliphatic heterocycles. The lowest BCUT2D eigenvalue weighted by Gasteiger charge is -2.24. The van der Waals surface area contributed by atoms with Gasteiger partial charge in [0.2, 0.25) is 0 Å². The lowest BCUT2D eigenvalue weighted by Crippen LogP contribution is -2.40. The predicted molar refractivity (Wildman–Crippen MR) is 65.5 cm³/mol. The van der Waals surface area contributed by atoms with E-state index in [1.165, 1.54) is 12.1 Å². The van der Waals surface area contributed by atoms with E-state index in [1.54, 1.807) is 6.07 Å². The van der Waals surface area contributed by atoms with Crippen LogP contribution in [0.25, 0.3) is 0 Å². The number of hydrogen-bond donors (Lipinski definition) is 2. The van der Waals surface area contributed by atoms with Gasteiger partial charge in [-0.3, -0.25) is 4.90 Å². The number of nitrogens with zero attached hydrogens (tertiary/aromatic N) is 2. The van der Waals surface area contributed by atoms with Gasteiger partial charge in [-0.25, -0.2) is 4.39 Å². The van der Waals surface area contributed by atoms with Crippen LogP contribution in [-0.2, 0) is 6.54 Å². The maximum Gasteiger partial charge on any atom is 0.156 e. The second-order valence-corrected chi connectivity index (χ2v) is 4.19. The van der Waals surface area contributed by atoms with Crippen molar-refractivity contribution in [3.05, 3.63) is 35.1 Å². The Balaban J connectivity index is 2.77. The molecule has 0 radical (unpaired) electrons. The van der Waals surface area contributed by atoms with E-state index in [0.29, 0.717) is 6.54 Å². The molecule has 0 aromatic heterocycles. The van der Waals surface area contributed by atoms with Gasteiger partial charge in [0, 0.05) is 6.54 Å². The van der Waals surface area contributed by atoms with Crippen LogP contribution in [-0.4, -0.2) is 29.0 Å². The van der Waals surface area contributed by atoms with Crippen LogP contribution >= 0.6 is 0 Å². The molecule has 5 heteroatoms. The van der Waals surface area contributed by atoms with Crippen LogP contribution in [0.1, 0.15) is 18.1 Å². The minimum atomic E-state index is -0.238. The third-order valence-corrected chi connectivity index (χ3v) is 2.93. The van der Waals surface area contributed by atoms with Crippen LogP contribution in [0.2, 0.25) is 0 Å². The van der Waals surface area contributed by atoms with Gasteiger partial charge in [-0.2, -0.15) is 0 Å². The molecule has 1 atom stereocenters. The number of oxime groups is 1. The topological polar surface area (TPSA) is 61.8 Å². The number of hydrogen-bond acceptors (Lipinski definition) is 3.